The third kappa shape index (κ3) is 3.24. The molecular weight excluding hydrogens is 206 g/mol. The molecule has 0 unspecified atom stereocenters. The van der Waals surface area contributed by atoms with E-state index in [1.54, 1.807) is 25.3 Å². The van der Waals surface area contributed by atoms with Crippen molar-refractivity contribution in [3.8, 4) is 5.75 Å². The smallest absolute Gasteiger partial charge is 0.190 e. The highest BCUT2D eigenvalue weighted by molar-refractivity contribution is 6.01. The molecule has 0 aromatic heterocycles. The molecule has 1 aromatic carbocycles. The normalized spacial score (nSPS) is 10.1. The van der Waals surface area contributed by atoms with Crippen LogP contribution in [0.2, 0.25) is 0 Å². The zero-order valence-electron chi connectivity index (χ0n) is 9.66. The summed E-state index contributed by atoms with van der Waals surface area (Å²) in [6.07, 6.45) is 0.894. The molecule has 4 nitrogen and oxygen atoms in total. The first-order valence-electron chi connectivity index (χ1n) is 5.23. The second-order valence-electron chi connectivity index (χ2n) is 3.43. The molecule has 0 heterocycles. The van der Waals surface area contributed by atoms with Gasteiger partial charge in [-0.25, -0.2) is 0 Å². The fourth-order valence-electron chi connectivity index (χ4n) is 1.31. The summed E-state index contributed by atoms with van der Waals surface area (Å²) in [6.45, 7) is 2.65. The number of ketones is 1. The van der Waals surface area contributed by atoms with Gasteiger partial charge < -0.3 is 15.2 Å². The number of hydrogen-bond acceptors (Lipinski definition) is 4. The lowest BCUT2D eigenvalue weighted by atomic mass is 10.1. The van der Waals surface area contributed by atoms with Crippen molar-refractivity contribution in [1.82, 2.24) is 0 Å². The topological polar surface area (TPSA) is 61.5 Å². The Morgan fingerprint density at radius 1 is 1.44 bits per heavy atom. The van der Waals surface area contributed by atoms with Crippen LogP contribution in [0.25, 0.3) is 0 Å². The van der Waals surface area contributed by atoms with Crippen LogP contribution in [0, 0.1) is 0 Å². The molecule has 0 amide bonds. The van der Waals surface area contributed by atoms with E-state index >= 15 is 0 Å². The molecule has 0 fully saturated rings. The van der Waals surface area contributed by atoms with Crippen LogP contribution < -0.4 is 10.5 Å². The van der Waals surface area contributed by atoms with Crippen LogP contribution >= 0.6 is 0 Å². The standard InChI is InChI=1S/C12H17NO3/c1-3-6-16-8-12(14)10-5-4-9(15-2)7-11(10)13/h4-5,7H,3,6,8,13H2,1-2H3. The summed E-state index contributed by atoms with van der Waals surface area (Å²) >= 11 is 0. The molecule has 0 aliphatic heterocycles. The Bertz CT molecular complexity index is 363. The van der Waals surface area contributed by atoms with E-state index in [1.165, 1.54) is 0 Å². The zero-order valence-corrected chi connectivity index (χ0v) is 9.66. The fourth-order valence-corrected chi connectivity index (χ4v) is 1.31. The second-order valence-corrected chi connectivity index (χ2v) is 3.43. The van der Waals surface area contributed by atoms with Gasteiger partial charge in [-0.2, -0.15) is 0 Å². The summed E-state index contributed by atoms with van der Waals surface area (Å²) < 4.78 is 10.2. The van der Waals surface area contributed by atoms with E-state index < -0.39 is 0 Å². The van der Waals surface area contributed by atoms with Gasteiger partial charge in [-0.1, -0.05) is 6.92 Å². The number of methoxy groups -OCH3 is 1. The first-order valence-corrected chi connectivity index (χ1v) is 5.23. The molecule has 0 atom stereocenters. The van der Waals surface area contributed by atoms with Crippen molar-refractivity contribution in [3.05, 3.63) is 23.8 Å². The number of rotatable bonds is 6. The van der Waals surface area contributed by atoms with Crippen LogP contribution in [-0.4, -0.2) is 26.1 Å². The first kappa shape index (κ1) is 12.5. The van der Waals surface area contributed by atoms with Gasteiger partial charge in [-0.15, -0.1) is 0 Å². The predicted octanol–water partition coefficient (Wildman–Crippen LogP) is 1.89. The Morgan fingerprint density at radius 3 is 2.75 bits per heavy atom. The van der Waals surface area contributed by atoms with E-state index in [-0.39, 0.29) is 12.4 Å². The Kier molecular flexibility index (Phi) is 4.79. The summed E-state index contributed by atoms with van der Waals surface area (Å²) in [5.41, 5.74) is 6.65. The number of carbonyl (C=O) groups excluding carboxylic acids is 1. The summed E-state index contributed by atoms with van der Waals surface area (Å²) in [7, 11) is 1.56. The minimum Gasteiger partial charge on any atom is -0.497 e. The van der Waals surface area contributed by atoms with Crippen LogP contribution in [-0.2, 0) is 4.74 Å². The number of Topliss-reactive ketones (excluding diaryl/α,β-unsaturated/α-hetero) is 1. The van der Waals surface area contributed by atoms with E-state index in [9.17, 15) is 4.79 Å². The number of anilines is 1. The predicted molar refractivity (Wildman–Crippen MR) is 62.8 cm³/mol. The van der Waals surface area contributed by atoms with Crippen LogP contribution in [0.15, 0.2) is 18.2 Å². The lowest BCUT2D eigenvalue weighted by Crippen LogP contribution is -2.11. The fraction of sp³-hybridized carbons (Fsp3) is 0.417. The van der Waals surface area contributed by atoms with Gasteiger partial charge in [0.25, 0.3) is 0 Å². The lowest BCUT2D eigenvalue weighted by molar-refractivity contribution is 0.0762. The average molecular weight is 223 g/mol. The van der Waals surface area contributed by atoms with Crippen LogP contribution in [0.3, 0.4) is 0 Å². The number of ether oxygens (including phenoxy) is 2. The van der Waals surface area contributed by atoms with Crippen molar-refractivity contribution in [2.75, 3.05) is 26.1 Å². The molecular formula is C12H17NO3. The number of carbonyl (C=O) groups is 1. The van der Waals surface area contributed by atoms with Gasteiger partial charge >= 0.3 is 0 Å². The first-order chi connectivity index (χ1) is 7.69. The average Bonchev–Trinajstić information content (AvgIpc) is 2.29. The van der Waals surface area contributed by atoms with Gasteiger partial charge in [-0.3, -0.25) is 4.79 Å². The Balaban J connectivity index is 2.68. The Labute approximate surface area is 95.3 Å². The van der Waals surface area contributed by atoms with Gasteiger partial charge in [0, 0.05) is 23.9 Å². The molecule has 0 spiro atoms. The summed E-state index contributed by atoms with van der Waals surface area (Å²) in [4.78, 5) is 11.7. The van der Waals surface area contributed by atoms with Gasteiger partial charge in [0.1, 0.15) is 12.4 Å². The highest BCUT2D eigenvalue weighted by Crippen LogP contribution is 2.19. The highest BCUT2D eigenvalue weighted by Gasteiger charge is 2.10. The third-order valence-corrected chi connectivity index (χ3v) is 2.14. The number of nitrogen functional groups attached to an aromatic ring is 1. The molecule has 1 aromatic rings. The maximum Gasteiger partial charge on any atom is 0.190 e. The molecule has 16 heavy (non-hydrogen) atoms. The van der Waals surface area contributed by atoms with Gasteiger partial charge in [0.15, 0.2) is 5.78 Å². The number of nitrogens with two attached hydrogens (primary N) is 1. The van der Waals surface area contributed by atoms with Crippen LogP contribution in [0.5, 0.6) is 5.75 Å². The summed E-state index contributed by atoms with van der Waals surface area (Å²) in [6, 6.07) is 5.00. The molecule has 0 saturated carbocycles. The highest BCUT2D eigenvalue weighted by atomic mass is 16.5. The van der Waals surface area contributed by atoms with Crippen molar-refractivity contribution in [2.24, 2.45) is 0 Å². The number of benzene rings is 1. The Hall–Kier alpha value is -1.55. The molecule has 0 aliphatic rings. The summed E-state index contributed by atoms with van der Waals surface area (Å²) in [5, 5.41) is 0. The maximum absolute atomic E-state index is 11.7. The molecule has 1 rings (SSSR count). The Morgan fingerprint density at radius 2 is 2.19 bits per heavy atom. The quantitative estimate of drug-likeness (QED) is 0.454. The monoisotopic (exact) mass is 223 g/mol. The van der Waals surface area contributed by atoms with Crippen molar-refractivity contribution in [2.45, 2.75) is 13.3 Å². The van der Waals surface area contributed by atoms with Crippen LogP contribution in [0.1, 0.15) is 23.7 Å². The lowest BCUT2D eigenvalue weighted by Gasteiger charge is -2.07. The molecule has 0 aliphatic carbocycles. The van der Waals surface area contributed by atoms with E-state index in [0.29, 0.717) is 23.6 Å². The second kappa shape index (κ2) is 6.12. The molecule has 2 N–H and O–H groups in total. The molecule has 0 saturated heterocycles. The van der Waals surface area contributed by atoms with Crippen molar-refractivity contribution >= 4 is 11.5 Å². The zero-order chi connectivity index (χ0) is 12.0. The number of hydrogen-bond donors (Lipinski definition) is 1. The molecule has 88 valence electrons. The molecule has 0 radical (unpaired) electrons. The SMILES string of the molecule is CCCOCC(=O)c1ccc(OC)cc1N. The molecule has 4 heteroatoms. The maximum atomic E-state index is 11.7. The van der Waals surface area contributed by atoms with Gasteiger partial charge in [0.05, 0.1) is 7.11 Å². The minimum absolute atomic E-state index is 0.0738. The van der Waals surface area contributed by atoms with Gasteiger partial charge in [0.2, 0.25) is 0 Å². The largest absolute Gasteiger partial charge is 0.497 e. The van der Waals surface area contributed by atoms with E-state index in [0.717, 1.165) is 6.42 Å². The van der Waals surface area contributed by atoms with Crippen molar-refractivity contribution < 1.29 is 14.3 Å². The van der Waals surface area contributed by atoms with Gasteiger partial charge in [-0.05, 0) is 18.6 Å². The van der Waals surface area contributed by atoms with E-state index in [4.69, 9.17) is 15.2 Å². The van der Waals surface area contributed by atoms with Crippen LogP contribution in [0.4, 0.5) is 5.69 Å². The minimum atomic E-state index is -0.103. The van der Waals surface area contributed by atoms with Crippen molar-refractivity contribution in [1.29, 1.82) is 0 Å². The third-order valence-electron chi connectivity index (χ3n) is 2.14. The van der Waals surface area contributed by atoms with Crippen molar-refractivity contribution in [3.63, 3.8) is 0 Å². The van der Waals surface area contributed by atoms with E-state index in [2.05, 4.69) is 0 Å². The van der Waals surface area contributed by atoms with E-state index in [1.807, 2.05) is 6.92 Å². The summed E-state index contributed by atoms with van der Waals surface area (Å²) in [5.74, 6) is 0.539. The molecule has 0 bridgehead atoms.